The van der Waals surface area contributed by atoms with E-state index in [0.717, 1.165) is 0 Å². The van der Waals surface area contributed by atoms with Crippen LogP contribution in [0.4, 0.5) is 0 Å². The van der Waals surface area contributed by atoms with Crippen molar-refractivity contribution in [3.05, 3.63) is 28.8 Å². The second kappa shape index (κ2) is 8.92. The molecule has 36 heavy (non-hydrogen) atoms. The predicted octanol–water partition coefficient (Wildman–Crippen LogP) is 0.903. The molecule has 0 aliphatic heterocycles. The number of phenolic OH excluding ortho intramolecular Hbond substituents is 1. The number of ketones is 4. The van der Waals surface area contributed by atoms with Gasteiger partial charge in [0.15, 0.2) is 29.1 Å². The maximum atomic E-state index is 14.0. The van der Waals surface area contributed by atoms with Crippen molar-refractivity contribution in [2.24, 2.45) is 40.0 Å². The fraction of sp³-hybridized carbons (Fsp3) is 0.538. The minimum Gasteiger partial charge on any atom is -0.507 e. The molecule has 0 spiro atoms. The average molecular weight is 498 g/mol. The molecular weight excluding hydrogens is 466 g/mol. The first-order valence-corrected chi connectivity index (χ1v) is 12.0. The van der Waals surface area contributed by atoms with Gasteiger partial charge in [-0.1, -0.05) is 5.16 Å². The van der Waals surface area contributed by atoms with Crippen LogP contribution >= 0.6 is 0 Å². The number of phenols is 1. The van der Waals surface area contributed by atoms with Gasteiger partial charge in [0.05, 0.1) is 28.6 Å². The molecule has 1 aromatic carbocycles. The molecule has 3 aliphatic rings. The number of carbonyl (C=O) groups is 5. The van der Waals surface area contributed by atoms with Gasteiger partial charge >= 0.3 is 0 Å². The molecule has 1 aromatic rings. The number of oxime groups is 1. The van der Waals surface area contributed by atoms with Crippen LogP contribution in [0.25, 0.3) is 0 Å². The number of likely N-dealkylation sites (N-methyl/N-ethyl adjacent to an activating group) is 1. The topological polar surface area (TPSA) is 156 Å². The van der Waals surface area contributed by atoms with Gasteiger partial charge in [0.25, 0.3) is 0 Å². The second-order valence-corrected chi connectivity index (χ2v) is 10.3. The predicted molar refractivity (Wildman–Crippen MR) is 128 cm³/mol. The fourth-order valence-corrected chi connectivity index (χ4v) is 6.47. The van der Waals surface area contributed by atoms with Crippen LogP contribution in [-0.2, 0) is 30.4 Å². The van der Waals surface area contributed by atoms with Crippen molar-refractivity contribution in [1.82, 2.24) is 4.90 Å². The Bertz CT molecular complexity index is 1220. The lowest BCUT2D eigenvalue weighted by Gasteiger charge is -2.53. The van der Waals surface area contributed by atoms with Crippen LogP contribution in [0.1, 0.15) is 48.7 Å². The Morgan fingerprint density at radius 2 is 1.89 bits per heavy atom. The van der Waals surface area contributed by atoms with Gasteiger partial charge in [-0.15, -0.1) is 0 Å². The standard InChI is InChI=1S/C26H31N3O7/c1-6-36-28-11(2)13-7-8-16(30)18-14(13)9-12-10-15-20(29(4)5)22(32)19(25(27)35)24(34)26(15,3)23(33)17(12)21(18)31/h7-8,12,15,17,19-20,30H,6,9-10H2,1-5H3,(H2,27,35)/t12-,15-,17?,19?,20-,26+/m0/s1. The summed E-state index contributed by atoms with van der Waals surface area (Å²) in [4.78, 5) is 73.4. The summed E-state index contributed by atoms with van der Waals surface area (Å²) in [7, 11) is 3.30. The maximum Gasteiger partial charge on any atom is 0.235 e. The van der Waals surface area contributed by atoms with E-state index in [1.165, 1.54) is 13.0 Å². The summed E-state index contributed by atoms with van der Waals surface area (Å²) >= 11 is 0. The normalized spacial score (nSPS) is 32.2. The average Bonchev–Trinajstić information content (AvgIpc) is 2.79. The molecule has 2 unspecified atom stereocenters. The first-order valence-electron chi connectivity index (χ1n) is 12.0. The number of fused-ring (bicyclic) bond motifs is 3. The summed E-state index contributed by atoms with van der Waals surface area (Å²) in [6, 6.07) is 2.14. The number of hydrogen-bond acceptors (Lipinski definition) is 9. The Kier molecular flexibility index (Phi) is 6.36. The van der Waals surface area contributed by atoms with E-state index in [9.17, 15) is 29.1 Å². The first-order chi connectivity index (χ1) is 16.9. The van der Waals surface area contributed by atoms with E-state index in [4.69, 9.17) is 10.6 Å². The van der Waals surface area contributed by atoms with E-state index >= 15 is 0 Å². The van der Waals surface area contributed by atoms with Crippen molar-refractivity contribution in [2.45, 2.75) is 39.7 Å². The smallest absolute Gasteiger partial charge is 0.235 e. The third-order valence-corrected chi connectivity index (χ3v) is 8.14. The van der Waals surface area contributed by atoms with E-state index in [1.807, 2.05) is 0 Å². The molecule has 0 radical (unpaired) electrons. The van der Waals surface area contributed by atoms with Crippen LogP contribution in [-0.4, -0.2) is 71.5 Å². The van der Waals surface area contributed by atoms with E-state index < -0.39 is 64.2 Å². The molecule has 4 rings (SSSR count). The van der Waals surface area contributed by atoms with Crippen molar-refractivity contribution in [2.75, 3.05) is 20.7 Å². The van der Waals surface area contributed by atoms with Crippen LogP contribution in [0.5, 0.6) is 5.75 Å². The molecular formula is C26H31N3O7. The quantitative estimate of drug-likeness (QED) is 0.345. The monoisotopic (exact) mass is 497 g/mol. The number of carbonyl (C=O) groups excluding carboxylic acids is 5. The number of rotatable bonds is 5. The molecule has 2 saturated carbocycles. The van der Waals surface area contributed by atoms with Gasteiger partial charge < -0.3 is 15.7 Å². The molecule has 3 aliphatic carbocycles. The molecule has 0 bridgehead atoms. The highest BCUT2D eigenvalue weighted by molar-refractivity contribution is 6.30. The van der Waals surface area contributed by atoms with Crippen molar-refractivity contribution in [3.8, 4) is 5.75 Å². The third kappa shape index (κ3) is 3.49. The van der Waals surface area contributed by atoms with E-state index in [1.54, 1.807) is 38.9 Å². The third-order valence-electron chi connectivity index (χ3n) is 8.14. The number of aromatic hydroxyl groups is 1. The van der Waals surface area contributed by atoms with E-state index in [2.05, 4.69) is 5.16 Å². The van der Waals surface area contributed by atoms with Crippen molar-refractivity contribution < 1.29 is 33.9 Å². The molecule has 3 N–H and O–H groups in total. The largest absolute Gasteiger partial charge is 0.507 e. The summed E-state index contributed by atoms with van der Waals surface area (Å²) < 4.78 is 0. The maximum absolute atomic E-state index is 14.0. The Morgan fingerprint density at radius 3 is 2.47 bits per heavy atom. The van der Waals surface area contributed by atoms with Gasteiger partial charge in [-0.2, -0.15) is 0 Å². The number of amides is 1. The Hall–Kier alpha value is -3.40. The summed E-state index contributed by atoms with van der Waals surface area (Å²) in [5, 5.41) is 14.7. The highest BCUT2D eigenvalue weighted by Gasteiger charge is 2.67. The number of nitrogens with zero attached hydrogens (tertiary/aromatic N) is 2. The molecule has 192 valence electrons. The lowest BCUT2D eigenvalue weighted by atomic mass is 9.48. The van der Waals surface area contributed by atoms with Gasteiger partial charge in [0.1, 0.15) is 12.4 Å². The van der Waals surface area contributed by atoms with Gasteiger partial charge in [0.2, 0.25) is 5.91 Å². The van der Waals surface area contributed by atoms with Crippen molar-refractivity contribution in [1.29, 1.82) is 0 Å². The lowest BCUT2D eigenvalue weighted by molar-refractivity contribution is -0.166. The molecule has 10 nitrogen and oxygen atoms in total. The SMILES string of the molecule is CCON=C(C)c1ccc(O)c2c1C[C@H]1C[C@H]3[C@H](N(C)C)C(=O)C(C(N)=O)C(=O)[C@@]3(C)C(=O)C1C2=O. The van der Waals surface area contributed by atoms with Crippen LogP contribution < -0.4 is 5.73 Å². The second-order valence-electron chi connectivity index (χ2n) is 10.3. The molecule has 6 atom stereocenters. The number of nitrogens with two attached hydrogens (primary N) is 1. The van der Waals surface area contributed by atoms with Gasteiger partial charge in [-0.05, 0) is 71.3 Å². The zero-order chi connectivity index (χ0) is 26.7. The Labute approximate surface area is 208 Å². The zero-order valence-electron chi connectivity index (χ0n) is 21.0. The Morgan fingerprint density at radius 1 is 1.22 bits per heavy atom. The summed E-state index contributed by atoms with van der Waals surface area (Å²) in [5.74, 6) is -8.18. The molecule has 1 amide bonds. The summed E-state index contributed by atoms with van der Waals surface area (Å²) in [5.41, 5.74) is 5.42. The number of Topliss-reactive ketones (excluding diaryl/α,β-unsaturated/α-hetero) is 4. The van der Waals surface area contributed by atoms with Crippen molar-refractivity contribution in [3.63, 3.8) is 0 Å². The molecule has 0 heterocycles. The van der Waals surface area contributed by atoms with Gasteiger partial charge in [-0.3, -0.25) is 28.9 Å². The van der Waals surface area contributed by atoms with E-state index in [-0.39, 0.29) is 24.2 Å². The van der Waals surface area contributed by atoms with Gasteiger partial charge in [-0.25, -0.2) is 0 Å². The Balaban J connectivity index is 1.87. The number of primary amides is 1. The highest BCUT2D eigenvalue weighted by Crippen LogP contribution is 2.54. The summed E-state index contributed by atoms with van der Waals surface area (Å²) in [6.45, 7) is 5.30. The van der Waals surface area contributed by atoms with Crippen LogP contribution in [0.3, 0.4) is 0 Å². The summed E-state index contributed by atoms with van der Waals surface area (Å²) in [6.07, 6.45) is 0.509. The fourth-order valence-electron chi connectivity index (χ4n) is 6.47. The van der Waals surface area contributed by atoms with Crippen LogP contribution in [0.15, 0.2) is 17.3 Å². The minimum atomic E-state index is -1.75. The number of hydrogen-bond donors (Lipinski definition) is 2. The highest BCUT2D eigenvalue weighted by atomic mass is 16.6. The molecule has 0 aromatic heterocycles. The van der Waals surface area contributed by atoms with Crippen molar-refractivity contribution >= 4 is 34.8 Å². The van der Waals surface area contributed by atoms with E-state index in [0.29, 0.717) is 23.4 Å². The zero-order valence-corrected chi connectivity index (χ0v) is 21.0. The van der Waals surface area contributed by atoms with Crippen LogP contribution in [0.2, 0.25) is 0 Å². The first kappa shape index (κ1) is 25.7. The minimum absolute atomic E-state index is 0.0325. The van der Waals surface area contributed by atoms with Gasteiger partial charge in [0, 0.05) is 11.5 Å². The molecule has 10 heteroatoms. The molecule has 2 fully saturated rings. The lowest BCUT2D eigenvalue weighted by Crippen LogP contribution is -2.69. The number of benzene rings is 1. The van der Waals surface area contributed by atoms with Crippen LogP contribution in [0, 0.1) is 29.1 Å². The molecule has 0 saturated heterocycles.